The fourth-order valence-corrected chi connectivity index (χ4v) is 4.19. The molecule has 4 aromatic rings. The van der Waals surface area contributed by atoms with Crippen LogP contribution < -0.4 is 0 Å². The first-order chi connectivity index (χ1) is 14.1. The van der Waals surface area contributed by atoms with Crippen molar-refractivity contribution >= 4 is 39.2 Å². The predicted octanol–water partition coefficient (Wildman–Crippen LogP) is 4.21. The van der Waals surface area contributed by atoms with Crippen LogP contribution >= 0.6 is 11.6 Å². The van der Waals surface area contributed by atoms with E-state index < -0.39 is 0 Å². The van der Waals surface area contributed by atoms with Crippen LogP contribution in [0, 0.1) is 0 Å². The molecule has 0 radical (unpaired) electrons. The van der Waals surface area contributed by atoms with Crippen molar-refractivity contribution in [2.45, 2.75) is 13.1 Å². The number of aromatic amines is 1. The maximum atomic E-state index is 12.7. The van der Waals surface area contributed by atoms with Crippen molar-refractivity contribution in [2.75, 3.05) is 19.6 Å². The summed E-state index contributed by atoms with van der Waals surface area (Å²) in [5.74, 6) is 0.167. The Morgan fingerprint density at radius 2 is 1.83 bits per heavy atom. The maximum absolute atomic E-state index is 12.7. The quantitative estimate of drug-likeness (QED) is 0.554. The van der Waals surface area contributed by atoms with Crippen molar-refractivity contribution in [1.29, 1.82) is 0 Å². The van der Waals surface area contributed by atoms with Crippen LogP contribution in [0.25, 0.3) is 21.7 Å². The minimum absolute atomic E-state index is 0.167. The monoisotopic (exact) mass is 404 g/mol. The molecule has 1 N–H and O–H groups in total. The number of H-pyrrole nitrogens is 1. The normalized spacial score (nSPS) is 15.5. The molecule has 2 aromatic carbocycles. The van der Waals surface area contributed by atoms with E-state index in [-0.39, 0.29) is 5.91 Å². The Kier molecular flexibility index (Phi) is 4.70. The Bertz CT molecular complexity index is 1170. The van der Waals surface area contributed by atoms with Gasteiger partial charge in [0.05, 0.1) is 13.1 Å². The zero-order valence-electron chi connectivity index (χ0n) is 15.9. The average Bonchev–Trinajstić information content (AvgIpc) is 3.13. The van der Waals surface area contributed by atoms with Crippen molar-refractivity contribution in [3.8, 4) is 0 Å². The molecule has 29 heavy (non-hydrogen) atoms. The van der Waals surface area contributed by atoms with Crippen LogP contribution in [-0.4, -0.2) is 45.3 Å². The van der Waals surface area contributed by atoms with E-state index in [1.54, 1.807) is 6.20 Å². The fraction of sp³-hybridized carbons (Fsp3) is 0.217. The van der Waals surface area contributed by atoms with Crippen LogP contribution in [0.3, 0.4) is 0 Å². The van der Waals surface area contributed by atoms with Crippen molar-refractivity contribution in [2.24, 2.45) is 0 Å². The number of nitrogens with one attached hydrogen (secondary N) is 1. The van der Waals surface area contributed by atoms with E-state index in [2.05, 4.69) is 39.1 Å². The number of hydrogen-bond acceptors (Lipinski definition) is 3. The summed E-state index contributed by atoms with van der Waals surface area (Å²) in [5.41, 5.74) is 3.31. The first-order valence-corrected chi connectivity index (χ1v) is 10.1. The molecule has 1 aliphatic rings. The number of nitrogens with zero attached hydrogens (tertiary/aromatic N) is 3. The SMILES string of the molecule is O=C1CN(Cc2ccc3cc(Cl)ccc3c2)CCN1Cc1cc2cnccc2[nH]1. The highest BCUT2D eigenvalue weighted by Gasteiger charge is 2.24. The van der Waals surface area contributed by atoms with E-state index in [9.17, 15) is 4.79 Å². The number of piperazine rings is 1. The molecule has 0 unspecified atom stereocenters. The average molecular weight is 405 g/mol. The molecule has 1 aliphatic heterocycles. The topological polar surface area (TPSA) is 52.2 Å². The van der Waals surface area contributed by atoms with Crippen molar-refractivity contribution < 1.29 is 4.79 Å². The minimum atomic E-state index is 0.167. The highest BCUT2D eigenvalue weighted by atomic mass is 35.5. The first kappa shape index (κ1) is 18.2. The van der Waals surface area contributed by atoms with Gasteiger partial charge in [-0.2, -0.15) is 0 Å². The molecule has 6 heteroatoms. The summed E-state index contributed by atoms with van der Waals surface area (Å²) < 4.78 is 0. The van der Waals surface area contributed by atoms with Crippen LogP contribution in [0.1, 0.15) is 11.3 Å². The van der Waals surface area contributed by atoms with E-state index in [1.807, 2.05) is 35.4 Å². The van der Waals surface area contributed by atoms with Gasteiger partial charge in [-0.05, 0) is 46.7 Å². The molecule has 0 bridgehead atoms. The molecule has 1 saturated heterocycles. The summed E-state index contributed by atoms with van der Waals surface area (Å²) in [6, 6.07) is 16.4. The summed E-state index contributed by atoms with van der Waals surface area (Å²) in [6.07, 6.45) is 3.61. The van der Waals surface area contributed by atoms with Gasteiger partial charge in [0.1, 0.15) is 0 Å². The number of halogens is 1. The fourth-order valence-electron chi connectivity index (χ4n) is 4.01. The molecule has 1 amide bonds. The summed E-state index contributed by atoms with van der Waals surface area (Å²) >= 11 is 6.07. The molecule has 146 valence electrons. The number of amides is 1. The molecule has 2 aromatic heterocycles. The van der Waals surface area contributed by atoms with Crippen molar-refractivity contribution in [1.82, 2.24) is 19.8 Å². The Labute approximate surface area is 173 Å². The van der Waals surface area contributed by atoms with Gasteiger partial charge in [0, 0.05) is 53.6 Å². The lowest BCUT2D eigenvalue weighted by molar-refractivity contribution is -0.136. The largest absolute Gasteiger partial charge is 0.357 e. The second kappa shape index (κ2) is 7.50. The molecule has 1 fully saturated rings. The van der Waals surface area contributed by atoms with Crippen LogP contribution in [0.15, 0.2) is 60.9 Å². The molecular weight excluding hydrogens is 384 g/mol. The molecule has 0 spiro atoms. The number of aromatic nitrogens is 2. The van der Waals surface area contributed by atoms with Crippen molar-refractivity contribution in [3.63, 3.8) is 0 Å². The smallest absolute Gasteiger partial charge is 0.237 e. The van der Waals surface area contributed by atoms with E-state index in [4.69, 9.17) is 11.6 Å². The van der Waals surface area contributed by atoms with E-state index >= 15 is 0 Å². The molecule has 5 nitrogen and oxygen atoms in total. The third kappa shape index (κ3) is 3.84. The number of hydrogen-bond donors (Lipinski definition) is 1. The predicted molar refractivity (Wildman–Crippen MR) is 116 cm³/mol. The zero-order valence-corrected chi connectivity index (χ0v) is 16.7. The van der Waals surface area contributed by atoms with Gasteiger partial charge in [0.25, 0.3) is 0 Å². The van der Waals surface area contributed by atoms with Gasteiger partial charge in [-0.3, -0.25) is 14.7 Å². The van der Waals surface area contributed by atoms with Crippen molar-refractivity contribution in [3.05, 3.63) is 77.2 Å². The van der Waals surface area contributed by atoms with E-state index in [0.717, 1.165) is 46.6 Å². The molecule has 3 heterocycles. The summed E-state index contributed by atoms with van der Waals surface area (Å²) in [5, 5.41) is 4.13. The number of carbonyl (C=O) groups is 1. The number of fused-ring (bicyclic) bond motifs is 2. The number of pyridine rings is 1. The lowest BCUT2D eigenvalue weighted by Crippen LogP contribution is -2.49. The maximum Gasteiger partial charge on any atom is 0.237 e. The van der Waals surface area contributed by atoms with Gasteiger partial charge in [-0.1, -0.05) is 29.8 Å². The Hall–Kier alpha value is -2.89. The number of benzene rings is 2. The van der Waals surface area contributed by atoms with E-state index in [0.29, 0.717) is 13.1 Å². The van der Waals surface area contributed by atoms with Crippen LogP contribution in [0.4, 0.5) is 0 Å². The second-order valence-electron chi connectivity index (χ2n) is 7.61. The molecule has 0 saturated carbocycles. The molecule has 0 aliphatic carbocycles. The summed E-state index contributed by atoms with van der Waals surface area (Å²) in [4.78, 5) is 24.4. The standard InChI is InChI=1S/C23H21ClN4O/c24-20-4-3-17-9-16(1-2-18(17)10-20)13-27-7-8-28(23(29)15-27)14-21-11-19-12-25-6-5-22(19)26-21/h1-6,9-12,26H,7-8,13-15H2. The molecule has 0 atom stereocenters. The minimum Gasteiger partial charge on any atom is -0.357 e. The van der Waals surface area contributed by atoms with Gasteiger partial charge in [-0.15, -0.1) is 0 Å². The highest BCUT2D eigenvalue weighted by Crippen LogP contribution is 2.22. The van der Waals surface area contributed by atoms with Gasteiger partial charge in [0.15, 0.2) is 0 Å². The van der Waals surface area contributed by atoms with E-state index in [1.165, 1.54) is 10.9 Å². The van der Waals surface area contributed by atoms with Crippen LogP contribution in [0.5, 0.6) is 0 Å². The third-order valence-corrected chi connectivity index (χ3v) is 5.74. The van der Waals surface area contributed by atoms with Gasteiger partial charge >= 0.3 is 0 Å². The first-order valence-electron chi connectivity index (χ1n) is 9.74. The zero-order chi connectivity index (χ0) is 19.8. The lowest BCUT2D eigenvalue weighted by Gasteiger charge is -2.34. The van der Waals surface area contributed by atoms with Gasteiger partial charge in [-0.25, -0.2) is 0 Å². The summed E-state index contributed by atoms with van der Waals surface area (Å²) in [7, 11) is 0. The highest BCUT2D eigenvalue weighted by molar-refractivity contribution is 6.31. The summed E-state index contributed by atoms with van der Waals surface area (Å²) in [6.45, 7) is 3.43. The van der Waals surface area contributed by atoms with Gasteiger partial charge in [0.2, 0.25) is 5.91 Å². The molecular formula is C23H21ClN4O. The second-order valence-corrected chi connectivity index (χ2v) is 8.05. The number of carbonyl (C=O) groups excluding carboxylic acids is 1. The Balaban J connectivity index is 1.24. The molecule has 5 rings (SSSR count). The Morgan fingerprint density at radius 1 is 0.966 bits per heavy atom. The number of rotatable bonds is 4. The van der Waals surface area contributed by atoms with Crippen LogP contribution in [0.2, 0.25) is 5.02 Å². The van der Waals surface area contributed by atoms with Crippen LogP contribution in [-0.2, 0) is 17.9 Å². The lowest BCUT2D eigenvalue weighted by atomic mass is 10.1. The third-order valence-electron chi connectivity index (χ3n) is 5.51. The van der Waals surface area contributed by atoms with Gasteiger partial charge < -0.3 is 9.88 Å². The Morgan fingerprint density at radius 3 is 2.69 bits per heavy atom.